The summed E-state index contributed by atoms with van der Waals surface area (Å²) in [5.74, 6) is 4.97. The predicted molar refractivity (Wildman–Crippen MR) is 108 cm³/mol. The van der Waals surface area contributed by atoms with Crippen molar-refractivity contribution in [2.75, 3.05) is 23.0 Å². The van der Waals surface area contributed by atoms with Crippen molar-refractivity contribution in [3.05, 3.63) is 60.7 Å². The highest BCUT2D eigenvalue weighted by Gasteiger charge is 1.96. The van der Waals surface area contributed by atoms with Crippen molar-refractivity contribution in [1.29, 1.82) is 0 Å². The second-order valence-corrected chi connectivity index (χ2v) is 9.71. The Balaban J connectivity index is 1.37. The lowest BCUT2D eigenvalue weighted by Gasteiger charge is -2.03. The topological polar surface area (TPSA) is 0 Å². The molecule has 0 amide bonds. The minimum absolute atomic E-state index is 1.22. The van der Waals surface area contributed by atoms with Crippen LogP contribution in [0.25, 0.3) is 0 Å². The quantitative estimate of drug-likeness (QED) is 0.245. The minimum Gasteiger partial charge on any atom is -0.126 e. The van der Waals surface area contributed by atoms with E-state index in [1.807, 2.05) is 45.1 Å². The summed E-state index contributed by atoms with van der Waals surface area (Å²) >= 11 is 3.93. The molecule has 0 atom stereocenters. The summed E-state index contributed by atoms with van der Waals surface area (Å²) in [6.07, 6.45) is 2.58. The Hall–Kier alpha value is -0.160. The highest BCUT2D eigenvalue weighted by atomic mass is 33.1. The maximum atomic E-state index is 2.19. The van der Waals surface area contributed by atoms with Gasteiger partial charge in [-0.05, 0) is 48.6 Å². The second-order valence-electron chi connectivity index (χ2n) is 4.67. The maximum Gasteiger partial charge on any atom is 0.00719 e. The number of rotatable bonds is 11. The highest BCUT2D eigenvalue weighted by Crippen LogP contribution is 2.26. The molecule has 0 aromatic heterocycles. The first-order valence-corrected chi connectivity index (χ1v) is 12.0. The highest BCUT2D eigenvalue weighted by molar-refractivity contribution is 8.76. The Morgan fingerprint density at radius 1 is 0.500 bits per heavy atom. The SMILES string of the molecule is c1ccc(SCCCSSCCCSc2ccccc2)cc1. The van der Waals surface area contributed by atoms with Gasteiger partial charge in [0.15, 0.2) is 0 Å². The van der Waals surface area contributed by atoms with E-state index in [1.54, 1.807) is 0 Å². The zero-order valence-electron chi connectivity index (χ0n) is 12.6. The molecule has 0 fully saturated rings. The average molecular weight is 367 g/mol. The van der Waals surface area contributed by atoms with Gasteiger partial charge in [-0.1, -0.05) is 58.0 Å². The Bertz CT molecular complexity index is 439. The Kier molecular flexibility index (Phi) is 10.2. The van der Waals surface area contributed by atoms with Crippen molar-refractivity contribution in [1.82, 2.24) is 0 Å². The summed E-state index contributed by atoms with van der Waals surface area (Å²) in [6, 6.07) is 21.4. The molecule has 0 spiro atoms. The minimum atomic E-state index is 1.22. The van der Waals surface area contributed by atoms with Gasteiger partial charge in [0.25, 0.3) is 0 Å². The molecule has 118 valence electrons. The molecule has 0 nitrogen and oxygen atoms in total. The predicted octanol–water partition coefficient (Wildman–Crippen LogP) is 6.73. The van der Waals surface area contributed by atoms with Crippen LogP contribution in [-0.2, 0) is 0 Å². The third-order valence-electron chi connectivity index (χ3n) is 2.85. The summed E-state index contributed by atoms with van der Waals surface area (Å²) < 4.78 is 0. The van der Waals surface area contributed by atoms with E-state index in [0.29, 0.717) is 0 Å². The van der Waals surface area contributed by atoms with Gasteiger partial charge >= 0.3 is 0 Å². The standard InChI is InChI=1S/C18H22S4/c1-3-9-17(10-4-1)19-13-7-15-21-22-16-8-14-20-18-11-5-2-6-12-18/h1-6,9-12H,7-8,13-16H2. The largest absolute Gasteiger partial charge is 0.126 e. The molecule has 0 aliphatic rings. The molecule has 2 aromatic rings. The molecular formula is C18H22S4. The third-order valence-corrected chi connectivity index (χ3v) is 7.63. The fourth-order valence-corrected chi connectivity index (χ4v) is 6.05. The third kappa shape index (κ3) is 8.47. The van der Waals surface area contributed by atoms with Crippen molar-refractivity contribution in [3.8, 4) is 0 Å². The fourth-order valence-electron chi connectivity index (χ4n) is 1.77. The zero-order valence-corrected chi connectivity index (χ0v) is 15.9. The fraction of sp³-hybridized carbons (Fsp3) is 0.333. The monoisotopic (exact) mass is 366 g/mol. The summed E-state index contributed by atoms with van der Waals surface area (Å²) in [6.45, 7) is 0. The smallest absolute Gasteiger partial charge is 0.00719 e. The lowest BCUT2D eigenvalue weighted by atomic mass is 10.4. The van der Waals surface area contributed by atoms with Gasteiger partial charge in [-0.2, -0.15) is 0 Å². The molecule has 2 rings (SSSR count). The molecule has 0 saturated carbocycles. The van der Waals surface area contributed by atoms with Gasteiger partial charge in [-0.3, -0.25) is 0 Å². The molecule has 0 aliphatic heterocycles. The lowest BCUT2D eigenvalue weighted by Crippen LogP contribution is -1.85. The van der Waals surface area contributed by atoms with Gasteiger partial charge in [0.05, 0.1) is 0 Å². The normalized spacial score (nSPS) is 10.7. The molecule has 4 heteroatoms. The van der Waals surface area contributed by atoms with Crippen LogP contribution in [0, 0.1) is 0 Å². The van der Waals surface area contributed by atoms with E-state index in [2.05, 4.69) is 60.7 Å². The molecule has 0 N–H and O–H groups in total. The van der Waals surface area contributed by atoms with Crippen LogP contribution in [-0.4, -0.2) is 23.0 Å². The van der Waals surface area contributed by atoms with Crippen LogP contribution in [0.4, 0.5) is 0 Å². The lowest BCUT2D eigenvalue weighted by molar-refractivity contribution is 1.12. The maximum absolute atomic E-state index is 2.19. The van der Waals surface area contributed by atoms with Crippen LogP contribution in [0.2, 0.25) is 0 Å². The summed E-state index contributed by atoms with van der Waals surface area (Å²) in [4.78, 5) is 2.77. The van der Waals surface area contributed by atoms with Crippen LogP contribution in [0.15, 0.2) is 70.5 Å². The molecule has 0 saturated heterocycles. The number of hydrogen-bond acceptors (Lipinski definition) is 4. The number of thioether (sulfide) groups is 2. The van der Waals surface area contributed by atoms with Gasteiger partial charge < -0.3 is 0 Å². The molecule has 22 heavy (non-hydrogen) atoms. The summed E-state index contributed by atoms with van der Waals surface area (Å²) in [5, 5.41) is 0. The van der Waals surface area contributed by atoms with Crippen molar-refractivity contribution >= 4 is 45.1 Å². The van der Waals surface area contributed by atoms with Crippen molar-refractivity contribution in [3.63, 3.8) is 0 Å². The van der Waals surface area contributed by atoms with E-state index in [-0.39, 0.29) is 0 Å². The van der Waals surface area contributed by atoms with Gasteiger partial charge in [0.2, 0.25) is 0 Å². The van der Waals surface area contributed by atoms with Gasteiger partial charge in [-0.15, -0.1) is 23.5 Å². The molecule has 0 bridgehead atoms. The van der Waals surface area contributed by atoms with Crippen molar-refractivity contribution in [2.45, 2.75) is 22.6 Å². The van der Waals surface area contributed by atoms with Crippen molar-refractivity contribution in [2.24, 2.45) is 0 Å². The molecule has 0 radical (unpaired) electrons. The van der Waals surface area contributed by atoms with E-state index in [1.165, 1.54) is 45.6 Å². The first-order chi connectivity index (χ1) is 10.9. The Morgan fingerprint density at radius 2 is 0.909 bits per heavy atom. The van der Waals surface area contributed by atoms with Crippen molar-refractivity contribution < 1.29 is 0 Å². The molecule has 2 aromatic carbocycles. The Morgan fingerprint density at radius 3 is 1.32 bits per heavy atom. The second kappa shape index (κ2) is 12.3. The van der Waals surface area contributed by atoms with Crippen LogP contribution < -0.4 is 0 Å². The van der Waals surface area contributed by atoms with Crippen LogP contribution in [0.1, 0.15) is 12.8 Å². The summed E-state index contributed by atoms with van der Waals surface area (Å²) in [7, 11) is 4.06. The van der Waals surface area contributed by atoms with Crippen LogP contribution in [0.3, 0.4) is 0 Å². The van der Waals surface area contributed by atoms with E-state index in [0.717, 1.165) is 0 Å². The number of benzene rings is 2. The van der Waals surface area contributed by atoms with E-state index in [9.17, 15) is 0 Å². The van der Waals surface area contributed by atoms with Gasteiger partial charge in [0, 0.05) is 21.3 Å². The molecule has 0 unspecified atom stereocenters. The first kappa shape index (κ1) is 18.2. The van der Waals surface area contributed by atoms with E-state index in [4.69, 9.17) is 0 Å². The van der Waals surface area contributed by atoms with Gasteiger partial charge in [-0.25, -0.2) is 0 Å². The summed E-state index contributed by atoms with van der Waals surface area (Å²) in [5.41, 5.74) is 0. The Labute approximate surface area is 151 Å². The number of hydrogen-bond donors (Lipinski definition) is 0. The van der Waals surface area contributed by atoms with Gasteiger partial charge in [0.1, 0.15) is 0 Å². The van der Waals surface area contributed by atoms with E-state index < -0.39 is 0 Å². The first-order valence-electron chi connectivity index (χ1n) is 7.55. The van der Waals surface area contributed by atoms with Crippen LogP contribution in [0.5, 0.6) is 0 Å². The molecular weight excluding hydrogens is 344 g/mol. The van der Waals surface area contributed by atoms with Crippen LogP contribution >= 0.6 is 45.1 Å². The molecule has 0 aliphatic carbocycles. The van der Waals surface area contributed by atoms with E-state index >= 15 is 0 Å². The average Bonchev–Trinajstić information content (AvgIpc) is 2.58. The molecule has 0 heterocycles. The zero-order chi connectivity index (χ0) is 15.3.